The van der Waals surface area contributed by atoms with Gasteiger partial charge in [0.1, 0.15) is 11.6 Å². The highest BCUT2D eigenvalue weighted by atomic mass is 19.1. The summed E-state index contributed by atoms with van der Waals surface area (Å²) in [6, 6.07) is 20.2. The third-order valence-corrected chi connectivity index (χ3v) is 7.81. The van der Waals surface area contributed by atoms with Crippen molar-refractivity contribution in [3.8, 4) is 28.6 Å². The zero-order valence-electron chi connectivity index (χ0n) is 28.2. The second kappa shape index (κ2) is 15.4. The Hall–Kier alpha value is -5.77. The van der Waals surface area contributed by atoms with Crippen LogP contribution < -0.4 is 25.1 Å². The molecule has 0 aliphatic rings. The Morgan fingerprint density at radius 3 is 2.51 bits per heavy atom. The van der Waals surface area contributed by atoms with Gasteiger partial charge in [0.05, 0.1) is 30.8 Å². The van der Waals surface area contributed by atoms with Gasteiger partial charge in [-0.05, 0) is 104 Å². The molecule has 5 rings (SSSR count). The van der Waals surface area contributed by atoms with E-state index in [9.17, 15) is 14.0 Å². The summed E-state index contributed by atoms with van der Waals surface area (Å²) in [5.74, 6) is 1.28. The topological polar surface area (TPSA) is 104 Å². The fraction of sp³-hybridized carbons (Fsp3) is 0.231. The number of para-hydroxylation sites is 1. The third kappa shape index (κ3) is 7.86. The Bertz CT molecular complexity index is 2090. The number of allylic oxidation sites excluding steroid dienone is 1. The molecule has 0 aliphatic carbocycles. The highest BCUT2D eigenvalue weighted by Gasteiger charge is 2.19. The first-order chi connectivity index (χ1) is 23.6. The summed E-state index contributed by atoms with van der Waals surface area (Å²) >= 11 is 0. The van der Waals surface area contributed by atoms with Crippen molar-refractivity contribution in [2.75, 3.05) is 25.6 Å². The Labute approximate surface area is 284 Å². The van der Waals surface area contributed by atoms with Crippen LogP contribution in [0.25, 0.3) is 22.3 Å². The predicted molar refractivity (Wildman–Crippen MR) is 192 cm³/mol. The van der Waals surface area contributed by atoms with E-state index in [1.165, 1.54) is 28.9 Å². The number of aryl methyl sites for hydroxylation is 1. The number of hydrogen-bond donors (Lipinski definition) is 1. The second-order valence-electron chi connectivity index (χ2n) is 11.7. The van der Waals surface area contributed by atoms with Crippen LogP contribution in [0.15, 0.2) is 95.3 Å². The first-order valence-corrected chi connectivity index (χ1v) is 16.0. The lowest BCUT2D eigenvalue weighted by Gasteiger charge is -2.18. The average Bonchev–Trinajstić information content (AvgIpc) is 3.08. The van der Waals surface area contributed by atoms with Gasteiger partial charge in [0.2, 0.25) is 0 Å². The fourth-order valence-corrected chi connectivity index (χ4v) is 5.46. The van der Waals surface area contributed by atoms with Gasteiger partial charge in [-0.2, -0.15) is 9.78 Å². The standard InChI is InChI=1S/C39H39FN4O5/c1-7-11-27-19-26(20-35(48-8-2)37(27)49-23-36(45)42-29-16-14-28(40)15-17-29)22-41-44-38(43-33-13-10-9-12-30(33)39(44)46)32-21-31(24(3)4)34(47-6)18-25(32)5/h7,9-10,12-22,24H,1,8,11,23H2,2-6H3,(H,42,45). The number of hydrogen-bond acceptors (Lipinski definition) is 7. The molecule has 1 amide bonds. The molecule has 10 heteroatoms. The maximum absolute atomic E-state index is 14.0. The number of carbonyl (C=O) groups excluding carboxylic acids is 1. The summed E-state index contributed by atoms with van der Waals surface area (Å²) in [6.45, 7) is 11.9. The van der Waals surface area contributed by atoms with E-state index in [1.54, 1.807) is 37.6 Å². The summed E-state index contributed by atoms with van der Waals surface area (Å²) in [4.78, 5) is 31.5. The van der Waals surface area contributed by atoms with Crippen LogP contribution in [0.2, 0.25) is 0 Å². The summed E-state index contributed by atoms with van der Waals surface area (Å²) < 4.78 is 32.2. The van der Waals surface area contributed by atoms with E-state index in [-0.39, 0.29) is 18.1 Å². The molecule has 0 aliphatic heterocycles. The number of carbonyl (C=O) groups is 1. The van der Waals surface area contributed by atoms with Crippen molar-refractivity contribution in [1.29, 1.82) is 0 Å². The van der Waals surface area contributed by atoms with Gasteiger partial charge >= 0.3 is 0 Å². The van der Waals surface area contributed by atoms with Gasteiger partial charge in [0, 0.05) is 16.8 Å². The summed E-state index contributed by atoms with van der Waals surface area (Å²) in [5, 5.41) is 7.82. The highest BCUT2D eigenvalue weighted by Crippen LogP contribution is 2.35. The quantitative estimate of drug-likeness (QED) is 0.103. The number of benzene rings is 4. The minimum Gasteiger partial charge on any atom is -0.496 e. The molecule has 1 heterocycles. The smallest absolute Gasteiger partial charge is 0.282 e. The van der Waals surface area contributed by atoms with E-state index in [4.69, 9.17) is 24.3 Å². The van der Waals surface area contributed by atoms with Crippen molar-refractivity contribution in [3.63, 3.8) is 0 Å². The molecular weight excluding hydrogens is 623 g/mol. The van der Waals surface area contributed by atoms with E-state index >= 15 is 0 Å². The number of nitrogens with zero attached hydrogens (tertiary/aromatic N) is 3. The molecule has 0 saturated carbocycles. The first kappa shape index (κ1) is 34.6. The van der Waals surface area contributed by atoms with E-state index in [1.807, 2.05) is 44.2 Å². The maximum atomic E-state index is 14.0. The monoisotopic (exact) mass is 662 g/mol. The van der Waals surface area contributed by atoms with Crippen LogP contribution in [-0.2, 0) is 11.2 Å². The van der Waals surface area contributed by atoms with E-state index < -0.39 is 11.7 Å². The second-order valence-corrected chi connectivity index (χ2v) is 11.7. The molecule has 0 radical (unpaired) electrons. The number of nitrogens with one attached hydrogen (secondary N) is 1. The zero-order chi connectivity index (χ0) is 35.1. The number of rotatable bonds is 13. The van der Waals surface area contributed by atoms with Gasteiger partial charge < -0.3 is 19.5 Å². The number of ether oxygens (including phenoxy) is 3. The number of amides is 1. The number of aromatic nitrogens is 2. The Balaban J connectivity index is 1.56. The molecule has 1 aromatic heterocycles. The molecular formula is C39H39FN4O5. The molecule has 0 atom stereocenters. The molecule has 0 fully saturated rings. The average molecular weight is 663 g/mol. The summed E-state index contributed by atoms with van der Waals surface area (Å²) in [6.07, 6.45) is 3.69. The number of methoxy groups -OCH3 is 1. The van der Waals surface area contributed by atoms with Crippen LogP contribution in [-0.4, -0.2) is 42.1 Å². The fourth-order valence-electron chi connectivity index (χ4n) is 5.46. The molecule has 9 nitrogen and oxygen atoms in total. The van der Waals surface area contributed by atoms with Crippen molar-refractivity contribution in [3.05, 3.63) is 124 Å². The number of anilines is 1. The lowest BCUT2D eigenvalue weighted by atomic mass is 9.96. The van der Waals surface area contributed by atoms with Crippen molar-refractivity contribution in [2.45, 2.75) is 40.0 Å². The van der Waals surface area contributed by atoms with Crippen molar-refractivity contribution >= 4 is 28.7 Å². The van der Waals surface area contributed by atoms with Gasteiger partial charge in [0.15, 0.2) is 23.9 Å². The number of fused-ring (bicyclic) bond motifs is 1. The lowest BCUT2D eigenvalue weighted by Crippen LogP contribution is -2.21. The van der Waals surface area contributed by atoms with Crippen molar-refractivity contribution in [1.82, 2.24) is 9.66 Å². The van der Waals surface area contributed by atoms with Crippen LogP contribution >= 0.6 is 0 Å². The zero-order valence-corrected chi connectivity index (χ0v) is 28.2. The molecule has 49 heavy (non-hydrogen) atoms. The Kier molecular flexibility index (Phi) is 10.9. The molecule has 1 N–H and O–H groups in total. The molecule has 0 spiro atoms. The first-order valence-electron chi connectivity index (χ1n) is 16.0. The minimum absolute atomic E-state index is 0.161. The third-order valence-electron chi connectivity index (χ3n) is 7.81. The Morgan fingerprint density at radius 1 is 1.06 bits per heavy atom. The van der Waals surface area contributed by atoms with Crippen LogP contribution in [0.5, 0.6) is 17.2 Å². The van der Waals surface area contributed by atoms with Crippen molar-refractivity contribution in [2.24, 2.45) is 5.10 Å². The van der Waals surface area contributed by atoms with E-state index in [0.29, 0.717) is 58.1 Å². The predicted octanol–water partition coefficient (Wildman–Crippen LogP) is 7.67. The van der Waals surface area contributed by atoms with Crippen LogP contribution in [0.1, 0.15) is 48.9 Å². The SMILES string of the molecule is C=CCc1cc(C=Nn2c(-c3cc(C(C)C)c(OC)cc3C)nc3ccccc3c2=O)cc(OCC)c1OCC(=O)Nc1ccc(F)cc1. The van der Waals surface area contributed by atoms with Crippen LogP contribution in [0, 0.1) is 12.7 Å². The van der Waals surface area contributed by atoms with Crippen LogP contribution in [0.3, 0.4) is 0 Å². The van der Waals surface area contributed by atoms with Gasteiger partial charge in [-0.1, -0.05) is 32.1 Å². The van der Waals surface area contributed by atoms with Crippen molar-refractivity contribution < 1.29 is 23.4 Å². The number of halogens is 1. The van der Waals surface area contributed by atoms with Gasteiger partial charge in [-0.15, -0.1) is 6.58 Å². The normalized spacial score (nSPS) is 11.2. The largest absolute Gasteiger partial charge is 0.496 e. The summed E-state index contributed by atoms with van der Waals surface area (Å²) in [5.41, 5.74) is 4.64. The van der Waals surface area contributed by atoms with Gasteiger partial charge in [-0.25, -0.2) is 9.37 Å². The molecule has 252 valence electrons. The Morgan fingerprint density at radius 2 is 1.82 bits per heavy atom. The van der Waals surface area contributed by atoms with Crippen LogP contribution in [0.4, 0.5) is 10.1 Å². The molecule has 0 bridgehead atoms. The van der Waals surface area contributed by atoms with E-state index in [2.05, 4.69) is 25.7 Å². The molecule has 0 saturated heterocycles. The maximum Gasteiger partial charge on any atom is 0.282 e. The molecule has 5 aromatic rings. The highest BCUT2D eigenvalue weighted by molar-refractivity contribution is 5.92. The minimum atomic E-state index is -0.422. The van der Waals surface area contributed by atoms with Gasteiger partial charge in [0.25, 0.3) is 11.5 Å². The molecule has 4 aromatic carbocycles. The lowest BCUT2D eigenvalue weighted by molar-refractivity contribution is -0.118. The summed E-state index contributed by atoms with van der Waals surface area (Å²) in [7, 11) is 1.64. The molecule has 0 unspecified atom stereocenters. The van der Waals surface area contributed by atoms with Gasteiger partial charge in [-0.3, -0.25) is 9.59 Å². The van der Waals surface area contributed by atoms with E-state index in [0.717, 1.165) is 22.4 Å².